The van der Waals surface area contributed by atoms with Crippen molar-refractivity contribution in [3.8, 4) is 0 Å². The first-order valence-electron chi connectivity index (χ1n) is 7.54. The molecule has 118 valence electrons. The predicted octanol–water partition coefficient (Wildman–Crippen LogP) is 2.20. The van der Waals surface area contributed by atoms with E-state index in [9.17, 15) is 4.79 Å². The fraction of sp³-hybridized carbons (Fsp3) is 0.222. The molecule has 3 rings (SSSR count). The Bertz CT molecular complexity index is 701. The van der Waals surface area contributed by atoms with Crippen molar-refractivity contribution >= 4 is 28.9 Å². The minimum absolute atomic E-state index is 0.0718. The second-order valence-electron chi connectivity index (χ2n) is 5.47. The largest absolute Gasteiger partial charge is 0.395 e. The second kappa shape index (κ2) is 6.89. The predicted molar refractivity (Wildman–Crippen MR) is 94.4 cm³/mol. The fourth-order valence-corrected chi connectivity index (χ4v) is 3.05. The molecule has 5 heteroatoms. The van der Waals surface area contributed by atoms with Crippen LogP contribution in [0.1, 0.15) is 11.1 Å². The molecule has 0 aromatic heterocycles. The summed E-state index contributed by atoms with van der Waals surface area (Å²) in [5.74, 6) is -0.0718. The van der Waals surface area contributed by atoms with Gasteiger partial charge in [0.15, 0.2) is 5.11 Å². The van der Waals surface area contributed by atoms with E-state index in [1.165, 1.54) is 16.0 Å². The van der Waals surface area contributed by atoms with Gasteiger partial charge >= 0.3 is 0 Å². The van der Waals surface area contributed by atoms with E-state index in [4.69, 9.17) is 17.3 Å². The van der Waals surface area contributed by atoms with E-state index in [0.29, 0.717) is 5.11 Å². The number of amides is 1. The van der Waals surface area contributed by atoms with Gasteiger partial charge in [-0.15, -0.1) is 0 Å². The van der Waals surface area contributed by atoms with Crippen molar-refractivity contribution in [3.63, 3.8) is 0 Å². The Balaban J connectivity index is 1.73. The van der Waals surface area contributed by atoms with Crippen LogP contribution in [0, 0.1) is 0 Å². The number of hydrogen-bond donors (Lipinski definition) is 1. The molecule has 0 atom stereocenters. The zero-order valence-corrected chi connectivity index (χ0v) is 13.5. The van der Waals surface area contributed by atoms with Crippen LogP contribution < -0.4 is 4.90 Å². The zero-order valence-electron chi connectivity index (χ0n) is 12.7. The van der Waals surface area contributed by atoms with Crippen LogP contribution in [-0.4, -0.2) is 40.7 Å². The number of benzene rings is 2. The van der Waals surface area contributed by atoms with E-state index >= 15 is 0 Å². The van der Waals surface area contributed by atoms with Gasteiger partial charge in [-0.2, -0.15) is 0 Å². The van der Waals surface area contributed by atoms with Gasteiger partial charge in [-0.05, 0) is 41.9 Å². The highest BCUT2D eigenvalue weighted by molar-refractivity contribution is 7.80. The minimum atomic E-state index is -0.0876. The monoisotopic (exact) mass is 326 g/mol. The van der Waals surface area contributed by atoms with Crippen molar-refractivity contribution in [2.75, 3.05) is 24.6 Å². The SMILES string of the molecule is O=C1CN(c2ccc(Cc3ccccc3)cc2)C(=S)N1CCO. The van der Waals surface area contributed by atoms with Gasteiger partial charge in [0.2, 0.25) is 5.91 Å². The molecule has 1 aliphatic rings. The quantitative estimate of drug-likeness (QED) is 0.856. The van der Waals surface area contributed by atoms with Gasteiger partial charge in [-0.1, -0.05) is 42.5 Å². The summed E-state index contributed by atoms with van der Waals surface area (Å²) in [4.78, 5) is 15.2. The Kier molecular flexibility index (Phi) is 4.69. The third kappa shape index (κ3) is 3.41. The first-order chi connectivity index (χ1) is 11.2. The van der Waals surface area contributed by atoms with Gasteiger partial charge in [0.1, 0.15) is 6.54 Å². The van der Waals surface area contributed by atoms with Crippen molar-refractivity contribution in [2.24, 2.45) is 0 Å². The number of aliphatic hydroxyl groups is 1. The Morgan fingerprint density at radius 3 is 2.30 bits per heavy atom. The van der Waals surface area contributed by atoms with Crippen molar-refractivity contribution in [2.45, 2.75) is 6.42 Å². The molecule has 4 nitrogen and oxygen atoms in total. The molecule has 1 N–H and O–H groups in total. The standard InChI is InChI=1S/C18H18N2O2S/c21-11-10-19-17(22)13-20(18(19)23)16-8-6-15(7-9-16)12-14-4-2-1-3-5-14/h1-9,21H,10-13H2. The highest BCUT2D eigenvalue weighted by Gasteiger charge is 2.32. The smallest absolute Gasteiger partial charge is 0.248 e. The summed E-state index contributed by atoms with van der Waals surface area (Å²) in [6.07, 6.45) is 0.876. The van der Waals surface area contributed by atoms with Gasteiger partial charge in [0.25, 0.3) is 0 Å². The first-order valence-corrected chi connectivity index (χ1v) is 7.95. The molecule has 0 bridgehead atoms. The number of thiocarbonyl (C=S) groups is 1. The molecule has 23 heavy (non-hydrogen) atoms. The van der Waals surface area contributed by atoms with Crippen LogP contribution in [0.5, 0.6) is 0 Å². The summed E-state index contributed by atoms with van der Waals surface area (Å²) < 4.78 is 0. The molecule has 1 saturated heterocycles. The third-order valence-corrected chi connectivity index (χ3v) is 4.32. The second-order valence-corrected chi connectivity index (χ2v) is 5.83. The van der Waals surface area contributed by atoms with Crippen LogP contribution in [0.4, 0.5) is 5.69 Å². The van der Waals surface area contributed by atoms with Gasteiger partial charge in [-0.3, -0.25) is 9.69 Å². The lowest BCUT2D eigenvalue weighted by molar-refractivity contribution is -0.124. The highest BCUT2D eigenvalue weighted by Crippen LogP contribution is 2.22. The average molecular weight is 326 g/mol. The topological polar surface area (TPSA) is 43.8 Å². The number of nitrogens with zero attached hydrogens (tertiary/aromatic N) is 2. The number of carbonyl (C=O) groups is 1. The van der Waals surface area contributed by atoms with E-state index in [1.54, 1.807) is 4.90 Å². The molecule has 2 aromatic carbocycles. The lowest BCUT2D eigenvalue weighted by atomic mass is 10.0. The van der Waals surface area contributed by atoms with Crippen LogP contribution in [0.3, 0.4) is 0 Å². The molecular formula is C18H18N2O2S. The van der Waals surface area contributed by atoms with Crippen molar-refractivity contribution in [1.82, 2.24) is 4.90 Å². The summed E-state index contributed by atoms with van der Waals surface area (Å²) in [7, 11) is 0. The highest BCUT2D eigenvalue weighted by atomic mass is 32.1. The first kappa shape index (κ1) is 15.6. The zero-order chi connectivity index (χ0) is 16.2. The lowest BCUT2D eigenvalue weighted by Gasteiger charge is -2.20. The molecule has 1 fully saturated rings. The maximum Gasteiger partial charge on any atom is 0.248 e. The maximum atomic E-state index is 12.0. The third-order valence-electron chi connectivity index (χ3n) is 3.88. The molecule has 0 spiro atoms. The summed E-state index contributed by atoms with van der Waals surface area (Å²) in [6, 6.07) is 18.4. The van der Waals surface area contributed by atoms with E-state index in [0.717, 1.165) is 12.1 Å². The summed E-state index contributed by atoms with van der Waals surface area (Å²) >= 11 is 5.34. The summed E-state index contributed by atoms with van der Waals surface area (Å²) in [6.45, 7) is 0.396. The number of aliphatic hydroxyl groups excluding tert-OH is 1. The van der Waals surface area contributed by atoms with Gasteiger partial charge in [0.05, 0.1) is 13.2 Å². The van der Waals surface area contributed by atoms with Crippen molar-refractivity contribution < 1.29 is 9.90 Å². The Labute approximate surface area is 141 Å². The number of β-amino-alcohol motifs (C(OH)–C–C–N with tert-alkyl or cyclic N) is 1. The maximum absolute atomic E-state index is 12.0. The van der Waals surface area contributed by atoms with Crippen LogP contribution in [0.25, 0.3) is 0 Å². The van der Waals surface area contributed by atoms with Crippen molar-refractivity contribution in [3.05, 3.63) is 65.7 Å². The number of carbonyl (C=O) groups excluding carboxylic acids is 1. The van der Waals surface area contributed by atoms with Crippen LogP contribution >= 0.6 is 12.2 Å². The molecule has 0 saturated carbocycles. The number of anilines is 1. The lowest BCUT2D eigenvalue weighted by Crippen LogP contribution is -2.34. The molecule has 1 aliphatic heterocycles. The molecule has 0 unspecified atom stereocenters. The molecule has 2 aromatic rings. The van der Waals surface area contributed by atoms with Gasteiger partial charge < -0.3 is 10.0 Å². The molecule has 1 amide bonds. The van der Waals surface area contributed by atoms with Gasteiger partial charge in [-0.25, -0.2) is 0 Å². The Morgan fingerprint density at radius 1 is 1.00 bits per heavy atom. The summed E-state index contributed by atoms with van der Waals surface area (Å²) in [5, 5.41) is 9.48. The normalized spacial score (nSPS) is 14.7. The minimum Gasteiger partial charge on any atom is -0.395 e. The molecular weight excluding hydrogens is 308 g/mol. The van der Waals surface area contributed by atoms with E-state index in [1.807, 2.05) is 30.3 Å². The van der Waals surface area contributed by atoms with E-state index in [-0.39, 0.29) is 25.6 Å². The van der Waals surface area contributed by atoms with Crippen LogP contribution in [0.2, 0.25) is 0 Å². The van der Waals surface area contributed by atoms with E-state index < -0.39 is 0 Å². The van der Waals surface area contributed by atoms with Crippen LogP contribution in [0.15, 0.2) is 54.6 Å². The Hall–Kier alpha value is -2.24. The molecule has 0 aliphatic carbocycles. The Morgan fingerprint density at radius 2 is 1.65 bits per heavy atom. The molecule has 0 radical (unpaired) electrons. The number of rotatable bonds is 5. The van der Waals surface area contributed by atoms with Crippen molar-refractivity contribution in [1.29, 1.82) is 0 Å². The number of hydrogen-bond acceptors (Lipinski definition) is 3. The molecule has 1 heterocycles. The van der Waals surface area contributed by atoms with E-state index in [2.05, 4.69) is 24.3 Å². The average Bonchev–Trinajstić information content (AvgIpc) is 2.85. The summed E-state index contributed by atoms with van der Waals surface area (Å²) in [5.41, 5.74) is 3.38. The fourth-order valence-electron chi connectivity index (χ4n) is 2.69. The van der Waals surface area contributed by atoms with Crippen LogP contribution in [-0.2, 0) is 11.2 Å². The van der Waals surface area contributed by atoms with Gasteiger partial charge in [0, 0.05) is 5.69 Å².